The van der Waals surface area contributed by atoms with Crippen molar-refractivity contribution in [3.63, 3.8) is 0 Å². The molecule has 0 saturated carbocycles. The van der Waals surface area contributed by atoms with Crippen LogP contribution in [0.1, 0.15) is 11.3 Å². The van der Waals surface area contributed by atoms with Gasteiger partial charge in [-0.3, -0.25) is 9.88 Å². The molecule has 3 N–H and O–H groups in total. The molecule has 0 aliphatic carbocycles. The molecule has 5 atom stereocenters. The van der Waals surface area contributed by atoms with Crippen LogP contribution < -0.4 is 5.32 Å². The number of hydrogen-bond acceptors (Lipinski definition) is 7. The number of fused-ring (bicyclic) bond motifs is 2. The summed E-state index contributed by atoms with van der Waals surface area (Å²) in [4.78, 5) is 6.44. The van der Waals surface area contributed by atoms with E-state index in [1.165, 1.54) is 0 Å². The lowest BCUT2D eigenvalue weighted by molar-refractivity contribution is -0.178. The molecular weight excluding hydrogens is 358 g/mol. The number of likely N-dealkylation sites (N-methyl/N-ethyl adjacent to an activating group) is 1. The number of rotatable bonds is 7. The Hall–Kier alpha value is -2.03. The lowest BCUT2D eigenvalue weighted by Gasteiger charge is -2.42. The molecule has 2 aliphatic heterocycles. The first kappa shape index (κ1) is 19.3. The fourth-order valence-corrected chi connectivity index (χ4v) is 4.00. The SMILES string of the molecule is CN(CCc1ccccn1)[C@@H]1[C@@H]2OC[C@H](O2)[C@@H](NCc2ccccc2O)[C@@H]1O. The van der Waals surface area contributed by atoms with Gasteiger partial charge in [-0.15, -0.1) is 0 Å². The van der Waals surface area contributed by atoms with Gasteiger partial charge in [0.15, 0.2) is 6.29 Å². The monoisotopic (exact) mass is 385 g/mol. The summed E-state index contributed by atoms with van der Waals surface area (Å²) in [5.74, 6) is 0.241. The number of aromatic nitrogens is 1. The molecule has 7 nitrogen and oxygen atoms in total. The average molecular weight is 385 g/mol. The highest BCUT2D eigenvalue weighted by Gasteiger charge is 2.51. The van der Waals surface area contributed by atoms with Crippen molar-refractivity contribution in [1.82, 2.24) is 15.2 Å². The van der Waals surface area contributed by atoms with Gasteiger partial charge in [0.1, 0.15) is 11.9 Å². The zero-order valence-corrected chi connectivity index (χ0v) is 15.9. The number of phenols is 1. The fraction of sp³-hybridized carbons (Fsp3) is 0.476. The molecule has 0 spiro atoms. The molecular formula is C21H27N3O4. The molecule has 2 saturated heterocycles. The summed E-state index contributed by atoms with van der Waals surface area (Å²) < 4.78 is 11.8. The molecule has 1 aromatic heterocycles. The topological polar surface area (TPSA) is 87.1 Å². The second-order valence-electron chi connectivity index (χ2n) is 7.44. The maximum absolute atomic E-state index is 11.1. The van der Waals surface area contributed by atoms with Crippen molar-refractivity contribution in [2.45, 2.75) is 43.5 Å². The van der Waals surface area contributed by atoms with Crippen LogP contribution in [0.3, 0.4) is 0 Å². The normalized spacial score (nSPS) is 29.3. The van der Waals surface area contributed by atoms with Crippen molar-refractivity contribution in [2.24, 2.45) is 0 Å². The summed E-state index contributed by atoms with van der Waals surface area (Å²) in [6.45, 7) is 1.63. The zero-order chi connectivity index (χ0) is 19.5. The third-order valence-electron chi connectivity index (χ3n) is 5.61. The standard InChI is InChI=1S/C21H27N3O4/c1-24(11-9-15-7-4-5-10-22-15)19-20(26)18(17-13-27-21(19)28-17)23-12-14-6-2-3-8-16(14)25/h2-8,10,17-21,23,25-26H,9,11-13H2,1H3/t17-,18+,19-,20-,21+/m0/s1. The van der Waals surface area contributed by atoms with E-state index < -0.39 is 12.4 Å². The molecule has 0 unspecified atom stereocenters. The Morgan fingerprint density at radius 1 is 1.21 bits per heavy atom. The minimum atomic E-state index is -0.647. The molecule has 2 aromatic rings. The van der Waals surface area contributed by atoms with Gasteiger partial charge in [-0.25, -0.2) is 0 Å². The minimum Gasteiger partial charge on any atom is -0.508 e. The van der Waals surface area contributed by atoms with Crippen LogP contribution in [-0.2, 0) is 22.4 Å². The smallest absolute Gasteiger partial charge is 0.176 e. The van der Waals surface area contributed by atoms with Crippen LogP contribution in [0.15, 0.2) is 48.7 Å². The van der Waals surface area contributed by atoms with E-state index in [1.54, 1.807) is 18.3 Å². The third kappa shape index (κ3) is 4.04. The molecule has 1 aromatic carbocycles. The van der Waals surface area contributed by atoms with Crippen molar-refractivity contribution < 1.29 is 19.7 Å². The van der Waals surface area contributed by atoms with Crippen molar-refractivity contribution in [3.05, 3.63) is 59.9 Å². The van der Waals surface area contributed by atoms with Gasteiger partial charge < -0.3 is 25.0 Å². The predicted molar refractivity (Wildman–Crippen MR) is 104 cm³/mol. The highest BCUT2D eigenvalue weighted by molar-refractivity contribution is 5.31. The Bertz CT molecular complexity index is 775. The van der Waals surface area contributed by atoms with Gasteiger partial charge in [0.25, 0.3) is 0 Å². The minimum absolute atomic E-state index is 0.203. The Balaban J connectivity index is 1.41. The molecule has 0 amide bonds. The van der Waals surface area contributed by atoms with Crippen LogP contribution in [0.5, 0.6) is 5.75 Å². The van der Waals surface area contributed by atoms with Crippen molar-refractivity contribution in [3.8, 4) is 5.75 Å². The van der Waals surface area contributed by atoms with Gasteiger partial charge in [-0.05, 0) is 25.2 Å². The lowest BCUT2D eigenvalue weighted by Crippen LogP contribution is -2.63. The third-order valence-corrected chi connectivity index (χ3v) is 5.61. The summed E-state index contributed by atoms with van der Waals surface area (Å²) in [5.41, 5.74) is 1.80. The maximum Gasteiger partial charge on any atom is 0.176 e. The lowest BCUT2D eigenvalue weighted by atomic mass is 9.94. The number of nitrogens with zero attached hydrogens (tertiary/aromatic N) is 2. The number of hydrogen-bond donors (Lipinski definition) is 3. The van der Waals surface area contributed by atoms with E-state index in [-0.39, 0.29) is 23.9 Å². The van der Waals surface area contributed by atoms with E-state index in [9.17, 15) is 10.2 Å². The molecule has 2 bridgehead atoms. The number of nitrogens with one attached hydrogen (secondary N) is 1. The van der Waals surface area contributed by atoms with Crippen LogP contribution in [-0.4, -0.2) is 70.9 Å². The van der Waals surface area contributed by atoms with Crippen LogP contribution >= 0.6 is 0 Å². The summed E-state index contributed by atoms with van der Waals surface area (Å²) in [7, 11) is 1.97. The second kappa shape index (κ2) is 8.55. The first-order valence-electron chi connectivity index (χ1n) is 9.69. The Morgan fingerprint density at radius 2 is 2.04 bits per heavy atom. The summed E-state index contributed by atoms with van der Waals surface area (Å²) in [6.07, 6.45) is 1.29. The number of aromatic hydroxyl groups is 1. The number of benzene rings is 1. The number of aliphatic hydroxyl groups excluding tert-OH is 1. The summed E-state index contributed by atoms with van der Waals surface area (Å²) >= 11 is 0. The van der Waals surface area contributed by atoms with Crippen LogP contribution in [0.4, 0.5) is 0 Å². The van der Waals surface area contributed by atoms with Crippen molar-refractivity contribution in [1.29, 1.82) is 0 Å². The summed E-state index contributed by atoms with van der Waals surface area (Å²) in [6, 6.07) is 12.5. The van der Waals surface area contributed by atoms with E-state index >= 15 is 0 Å². The largest absolute Gasteiger partial charge is 0.508 e. The Kier molecular flexibility index (Phi) is 5.89. The highest BCUT2D eigenvalue weighted by atomic mass is 16.7. The number of ether oxygens (including phenoxy) is 2. The van der Waals surface area contributed by atoms with Crippen LogP contribution in [0.2, 0.25) is 0 Å². The van der Waals surface area contributed by atoms with E-state index in [0.717, 1.165) is 24.2 Å². The van der Waals surface area contributed by atoms with Gasteiger partial charge in [0.05, 0.1) is 24.8 Å². The second-order valence-corrected chi connectivity index (χ2v) is 7.44. The average Bonchev–Trinajstić information content (AvgIpc) is 3.13. The van der Waals surface area contributed by atoms with Gasteiger partial charge in [-0.2, -0.15) is 0 Å². The molecule has 7 heteroatoms. The Labute approximate surface area is 164 Å². The molecule has 4 rings (SSSR count). The number of pyridine rings is 1. The quantitative estimate of drug-likeness (QED) is 0.653. The first-order valence-corrected chi connectivity index (χ1v) is 9.69. The maximum atomic E-state index is 11.1. The van der Waals surface area contributed by atoms with Crippen molar-refractivity contribution in [2.75, 3.05) is 20.2 Å². The predicted octanol–water partition coefficient (Wildman–Crippen LogP) is 0.904. The van der Waals surface area contributed by atoms with E-state index in [4.69, 9.17) is 9.47 Å². The van der Waals surface area contributed by atoms with Crippen LogP contribution in [0.25, 0.3) is 0 Å². The highest BCUT2D eigenvalue weighted by Crippen LogP contribution is 2.31. The fourth-order valence-electron chi connectivity index (χ4n) is 4.00. The summed E-state index contributed by atoms with van der Waals surface area (Å²) in [5, 5.41) is 24.4. The van der Waals surface area contributed by atoms with E-state index in [2.05, 4.69) is 15.2 Å². The van der Waals surface area contributed by atoms with Gasteiger partial charge in [0, 0.05) is 37.0 Å². The number of aliphatic hydroxyl groups is 1. The number of phenolic OH excluding ortho intramolecular Hbond substituents is 1. The van der Waals surface area contributed by atoms with E-state index in [0.29, 0.717) is 13.2 Å². The molecule has 3 heterocycles. The number of para-hydroxylation sites is 1. The molecule has 28 heavy (non-hydrogen) atoms. The first-order chi connectivity index (χ1) is 13.6. The molecule has 2 aliphatic rings. The van der Waals surface area contributed by atoms with Crippen LogP contribution in [0, 0.1) is 0 Å². The van der Waals surface area contributed by atoms with Gasteiger partial charge in [-0.1, -0.05) is 24.3 Å². The van der Waals surface area contributed by atoms with E-state index in [1.807, 2.05) is 37.4 Å². The zero-order valence-electron chi connectivity index (χ0n) is 15.9. The van der Waals surface area contributed by atoms with Gasteiger partial charge >= 0.3 is 0 Å². The molecule has 2 fully saturated rings. The Morgan fingerprint density at radius 3 is 2.82 bits per heavy atom. The molecule has 0 radical (unpaired) electrons. The molecule has 150 valence electrons. The van der Waals surface area contributed by atoms with Gasteiger partial charge in [0.2, 0.25) is 0 Å². The van der Waals surface area contributed by atoms with Crippen molar-refractivity contribution >= 4 is 0 Å².